The molecule has 1 fully saturated rings. The molecule has 3 N–H and O–H groups in total. The Labute approximate surface area is 144 Å². The van der Waals surface area contributed by atoms with Gasteiger partial charge in [-0.1, -0.05) is 0 Å². The van der Waals surface area contributed by atoms with Gasteiger partial charge in [-0.25, -0.2) is 0 Å². The van der Waals surface area contributed by atoms with Gasteiger partial charge in [-0.15, -0.1) is 0 Å². The lowest BCUT2D eigenvalue weighted by atomic mass is 10.1. The van der Waals surface area contributed by atoms with Gasteiger partial charge in [0.15, 0.2) is 5.96 Å². The van der Waals surface area contributed by atoms with Gasteiger partial charge in [0.25, 0.3) is 0 Å². The molecule has 2 rings (SSSR count). The molecule has 24 heavy (non-hydrogen) atoms. The number of aliphatic imine (C=N–C) groups is 1. The summed E-state index contributed by atoms with van der Waals surface area (Å²) in [6, 6.07) is 3.84. The number of guanidine groups is 1. The first-order valence-corrected chi connectivity index (χ1v) is 8.66. The molecule has 1 unspecified atom stereocenters. The summed E-state index contributed by atoms with van der Waals surface area (Å²) >= 11 is 0. The third kappa shape index (κ3) is 6.90. The Hall–Kier alpha value is -1.57. The number of hydrogen-bond acceptors (Lipinski definition) is 5. The van der Waals surface area contributed by atoms with E-state index in [1.54, 1.807) is 6.26 Å². The van der Waals surface area contributed by atoms with Crippen molar-refractivity contribution < 1.29 is 14.3 Å². The number of hydrogen-bond donors (Lipinski definition) is 3. The first kappa shape index (κ1) is 18.8. The van der Waals surface area contributed by atoms with Gasteiger partial charge in [-0.05, 0) is 26.0 Å². The zero-order valence-electron chi connectivity index (χ0n) is 14.8. The van der Waals surface area contributed by atoms with E-state index in [1.807, 2.05) is 26.0 Å². The second-order valence-electron chi connectivity index (χ2n) is 6.34. The fourth-order valence-electron chi connectivity index (χ4n) is 2.64. The van der Waals surface area contributed by atoms with E-state index in [-0.39, 0.29) is 0 Å². The van der Waals surface area contributed by atoms with E-state index in [0.717, 1.165) is 51.6 Å². The first-order valence-electron chi connectivity index (χ1n) is 8.66. The molecular weight excluding hydrogens is 308 g/mol. The summed E-state index contributed by atoms with van der Waals surface area (Å²) < 4.78 is 10.7. The van der Waals surface area contributed by atoms with E-state index in [0.29, 0.717) is 19.0 Å². The van der Waals surface area contributed by atoms with Crippen molar-refractivity contribution in [2.24, 2.45) is 4.99 Å². The number of rotatable bonds is 8. The molecule has 1 aromatic heterocycles. The van der Waals surface area contributed by atoms with Crippen LogP contribution in [0.5, 0.6) is 0 Å². The van der Waals surface area contributed by atoms with Gasteiger partial charge in [-0.3, -0.25) is 9.89 Å². The molecule has 1 saturated heterocycles. The lowest BCUT2D eigenvalue weighted by molar-refractivity contribution is -0.0179. The van der Waals surface area contributed by atoms with Crippen LogP contribution >= 0.6 is 0 Å². The predicted molar refractivity (Wildman–Crippen MR) is 94.3 cm³/mol. The molecule has 0 bridgehead atoms. The summed E-state index contributed by atoms with van der Waals surface area (Å²) in [6.45, 7) is 9.50. The van der Waals surface area contributed by atoms with Crippen LogP contribution in [0.15, 0.2) is 27.8 Å². The van der Waals surface area contributed by atoms with Crippen LogP contribution in [-0.2, 0) is 11.2 Å². The zero-order chi connectivity index (χ0) is 17.3. The van der Waals surface area contributed by atoms with Crippen LogP contribution in [0.1, 0.15) is 19.6 Å². The molecule has 136 valence electrons. The van der Waals surface area contributed by atoms with Crippen LogP contribution in [-0.4, -0.2) is 74.0 Å². The highest BCUT2D eigenvalue weighted by atomic mass is 16.5. The van der Waals surface area contributed by atoms with Crippen molar-refractivity contribution in [2.45, 2.75) is 25.9 Å². The molecule has 1 aromatic rings. The van der Waals surface area contributed by atoms with Crippen molar-refractivity contribution in [1.82, 2.24) is 15.5 Å². The van der Waals surface area contributed by atoms with Gasteiger partial charge in [0, 0.05) is 39.1 Å². The molecule has 7 heteroatoms. The third-order valence-electron chi connectivity index (χ3n) is 3.83. The van der Waals surface area contributed by atoms with Gasteiger partial charge in [-0.2, -0.15) is 0 Å². The Balaban J connectivity index is 1.79. The van der Waals surface area contributed by atoms with E-state index in [4.69, 9.17) is 9.15 Å². The molecule has 2 heterocycles. The number of ether oxygens (including phenoxy) is 1. The third-order valence-corrected chi connectivity index (χ3v) is 3.83. The van der Waals surface area contributed by atoms with Crippen molar-refractivity contribution in [3.8, 4) is 0 Å². The fraction of sp³-hybridized carbons (Fsp3) is 0.706. The number of β-amino-alcohol motifs (C(OH)–C–C–N with tert-alkyl or cyclic N) is 1. The summed E-state index contributed by atoms with van der Waals surface area (Å²) in [6.07, 6.45) is 2.47. The van der Waals surface area contributed by atoms with Gasteiger partial charge < -0.3 is 24.9 Å². The van der Waals surface area contributed by atoms with Gasteiger partial charge >= 0.3 is 0 Å². The average Bonchev–Trinajstić information content (AvgIpc) is 3.06. The molecule has 1 aliphatic rings. The Morgan fingerprint density at radius 3 is 2.83 bits per heavy atom. The maximum atomic E-state index is 10.6. The van der Waals surface area contributed by atoms with Gasteiger partial charge in [0.1, 0.15) is 5.76 Å². The number of morpholine rings is 1. The van der Waals surface area contributed by atoms with Crippen LogP contribution in [0.4, 0.5) is 0 Å². The molecule has 0 amide bonds. The van der Waals surface area contributed by atoms with Crippen LogP contribution < -0.4 is 10.6 Å². The van der Waals surface area contributed by atoms with Crippen LogP contribution in [0.2, 0.25) is 0 Å². The minimum atomic E-state index is -0.860. The van der Waals surface area contributed by atoms with Crippen LogP contribution in [0, 0.1) is 0 Å². The highest BCUT2D eigenvalue weighted by molar-refractivity contribution is 5.79. The smallest absolute Gasteiger partial charge is 0.191 e. The molecule has 0 saturated carbocycles. The normalized spacial score (nSPS) is 19.0. The maximum absolute atomic E-state index is 10.6. The van der Waals surface area contributed by atoms with Gasteiger partial charge in [0.2, 0.25) is 0 Å². The Bertz CT molecular complexity index is 482. The first-order chi connectivity index (χ1) is 11.6. The number of furan rings is 1. The quantitative estimate of drug-likeness (QED) is 0.472. The van der Waals surface area contributed by atoms with Crippen molar-refractivity contribution in [2.75, 3.05) is 52.5 Å². The second-order valence-corrected chi connectivity index (χ2v) is 6.34. The summed E-state index contributed by atoms with van der Waals surface area (Å²) in [4.78, 5) is 6.74. The Morgan fingerprint density at radius 2 is 2.17 bits per heavy atom. The van der Waals surface area contributed by atoms with Crippen molar-refractivity contribution in [1.29, 1.82) is 0 Å². The van der Waals surface area contributed by atoms with E-state index < -0.39 is 5.60 Å². The maximum Gasteiger partial charge on any atom is 0.191 e. The summed E-state index contributed by atoms with van der Waals surface area (Å²) in [5.74, 6) is 1.66. The monoisotopic (exact) mass is 338 g/mol. The predicted octanol–water partition coefficient (Wildman–Crippen LogP) is 0.460. The lowest BCUT2D eigenvalue weighted by Crippen LogP contribution is -2.48. The molecule has 0 aromatic carbocycles. The summed E-state index contributed by atoms with van der Waals surface area (Å²) in [5.41, 5.74) is -0.860. The van der Waals surface area contributed by atoms with Crippen molar-refractivity contribution in [3.05, 3.63) is 24.2 Å². The lowest BCUT2D eigenvalue weighted by Gasteiger charge is -2.33. The highest BCUT2D eigenvalue weighted by Gasteiger charge is 2.25. The summed E-state index contributed by atoms with van der Waals surface area (Å²) in [5, 5.41) is 17.1. The van der Waals surface area contributed by atoms with E-state index in [9.17, 15) is 5.11 Å². The molecule has 7 nitrogen and oxygen atoms in total. The topological polar surface area (TPSA) is 82.3 Å². The average molecular weight is 338 g/mol. The second kappa shape index (κ2) is 9.66. The summed E-state index contributed by atoms with van der Waals surface area (Å²) in [7, 11) is 0. The van der Waals surface area contributed by atoms with Crippen LogP contribution in [0.3, 0.4) is 0 Å². The van der Waals surface area contributed by atoms with E-state index in [2.05, 4.69) is 20.5 Å². The molecule has 1 aliphatic heterocycles. The molecule has 0 spiro atoms. The standard InChI is InChI=1S/C17H30N4O3/c1-3-18-16(19-7-6-15-5-4-10-24-15)20-13-17(2,22)14-21-8-11-23-12-9-21/h4-5,10,22H,3,6-9,11-14H2,1-2H3,(H2,18,19,20). The largest absolute Gasteiger partial charge is 0.469 e. The number of aliphatic hydroxyl groups is 1. The zero-order valence-corrected chi connectivity index (χ0v) is 14.8. The molecular formula is C17H30N4O3. The minimum Gasteiger partial charge on any atom is -0.469 e. The molecule has 0 radical (unpaired) electrons. The Morgan fingerprint density at radius 1 is 1.38 bits per heavy atom. The number of nitrogens with zero attached hydrogens (tertiary/aromatic N) is 2. The van der Waals surface area contributed by atoms with Crippen LogP contribution in [0.25, 0.3) is 0 Å². The van der Waals surface area contributed by atoms with Crippen molar-refractivity contribution in [3.63, 3.8) is 0 Å². The molecule has 0 aliphatic carbocycles. The van der Waals surface area contributed by atoms with E-state index >= 15 is 0 Å². The Kier molecular flexibility index (Phi) is 7.55. The minimum absolute atomic E-state index is 0.348. The number of nitrogens with one attached hydrogen (secondary N) is 2. The van der Waals surface area contributed by atoms with E-state index in [1.165, 1.54) is 0 Å². The van der Waals surface area contributed by atoms with Crippen molar-refractivity contribution >= 4 is 5.96 Å². The van der Waals surface area contributed by atoms with Gasteiger partial charge in [0.05, 0.1) is 31.6 Å². The highest BCUT2D eigenvalue weighted by Crippen LogP contribution is 2.09. The fourth-order valence-corrected chi connectivity index (χ4v) is 2.64. The molecule has 1 atom stereocenters. The SMILES string of the molecule is CCNC(=NCC(C)(O)CN1CCOCC1)NCCc1ccco1.